The first kappa shape index (κ1) is 14.8. The van der Waals surface area contributed by atoms with Crippen molar-refractivity contribution in [3.05, 3.63) is 0 Å². The second-order valence-electron chi connectivity index (χ2n) is 6.14. The molecule has 0 aromatic carbocycles. The molecule has 19 heavy (non-hydrogen) atoms. The molecule has 0 heterocycles. The highest BCUT2D eigenvalue weighted by atomic mass is 16.1. The Kier molecular flexibility index (Phi) is 6.11. The third kappa shape index (κ3) is 5.11. The summed E-state index contributed by atoms with van der Waals surface area (Å²) in [6.07, 6.45) is 10.3. The van der Waals surface area contributed by atoms with Crippen molar-refractivity contribution < 1.29 is 4.79 Å². The monoisotopic (exact) mass is 267 g/mol. The van der Waals surface area contributed by atoms with E-state index in [4.69, 9.17) is 0 Å². The summed E-state index contributed by atoms with van der Waals surface area (Å²) >= 11 is 0. The van der Waals surface area contributed by atoms with Gasteiger partial charge in [-0.1, -0.05) is 25.7 Å². The van der Waals surface area contributed by atoms with Gasteiger partial charge >= 0.3 is 0 Å². The number of carbonyl (C=O) groups is 1. The minimum atomic E-state index is 0.162. The van der Waals surface area contributed by atoms with Gasteiger partial charge in [-0.15, -0.1) is 0 Å². The van der Waals surface area contributed by atoms with Crippen molar-refractivity contribution in [3.8, 4) is 0 Å². The molecule has 0 aromatic heterocycles. The molecule has 1 amide bonds. The van der Waals surface area contributed by atoms with Crippen LogP contribution < -0.4 is 10.6 Å². The number of hydrogen-bond donors (Lipinski definition) is 2. The lowest BCUT2D eigenvalue weighted by Crippen LogP contribution is -2.42. The summed E-state index contributed by atoms with van der Waals surface area (Å²) in [5, 5.41) is 6.37. The highest BCUT2D eigenvalue weighted by molar-refractivity contribution is 5.78. The second kappa shape index (κ2) is 7.85. The molecular formula is C15H29N3O. The molecule has 2 rings (SSSR count). The number of nitrogens with one attached hydrogen (secondary N) is 2. The first-order valence-electron chi connectivity index (χ1n) is 7.96. The summed E-state index contributed by atoms with van der Waals surface area (Å²) in [7, 11) is 2.20. The summed E-state index contributed by atoms with van der Waals surface area (Å²) in [6.45, 7) is 2.42. The Morgan fingerprint density at radius 1 is 1.11 bits per heavy atom. The number of amides is 1. The number of likely N-dealkylation sites (N-methyl/N-ethyl adjacent to an activating group) is 1. The fraction of sp³-hybridized carbons (Fsp3) is 0.933. The van der Waals surface area contributed by atoms with Gasteiger partial charge < -0.3 is 15.5 Å². The van der Waals surface area contributed by atoms with Crippen molar-refractivity contribution in [1.82, 2.24) is 15.5 Å². The molecule has 0 saturated heterocycles. The van der Waals surface area contributed by atoms with E-state index in [1.807, 2.05) is 0 Å². The van der Waals surface area contributed by atoms with Crippen LogP contribution in [-0.2, 0) is 4.79 Å². The molecule has 0 radical (unpaired) electrons. The summed E-state index contributed by atoms with van der Waals surface area (Å²) in [4.78, 5) is 14.2. The normalized spacial score (nSPS) is 21.4. The standard InChI is InChI=1S/C15H29N3O/c1-18(14-8-4-5-9-14)11-10-16-12-15(19)17-13-6-2-3-7-13/h13-14,16H,2-12H2,1H3,(H,17,19). The van der Waals surface area contributed by atoms with Gasteiger partial charge in [0.15, 0.2) is 0 Å². The first-order valence-corrected chi connectivity index (χ1v) is 7.96. The Morgan fingerprint density at radius 2 is 1.74 bits per heavy atom. The zero-order valence-electron chi connectivity index (χ0n) is 12.3. The Hall–Kier alpha value is -0.610. The maximum atomic E-state index is 11.7. The van der Waals surface area contributed by atoms with E-state index in [0.29, 0.717) is 12.6 Å². The smallest absolute Gasteiger partial charge is 0.234 e. The van der Waals surface area contributed by atoms with E-state index in [-0.39, 0.29) is 5.91 Å². The SMILES string of the molecule is CN(CCNCC(=O)NC1CCCC1)C1CCCC1. The van der Waals surface area contributed by atoms with Gasteiger partial charge in [-0.25, -0.2) is 0 Å². The minimum absolute atomic E-state index is 0.162. The van der Waals surface area contributed by atoms with Crippen LogP contribution in [0.3, 0.4) is 0 Å². The van der Waals surface area contributed by atoms with Gasteiger partial charge in [0, 0.05) is 25.2 Å². The van der Waals surface area contributed by atoms with E-state index in [1.165, 1.54) is 38.5 Å². The van der Waals surface area contributed by atoms with Gasteiger partial charge in [0.1, 0.15) is 0 Å². The van der Waals surface area contributed by atoms with Crippen molar-refractivity contribution in [3.63, 3.8) is 0 Å². The summed E-state index contributed by atoms with van der Waals surface area (Å²) in [5.41, 5.74) is 0. The highest BCUT2D eigenvalue weighted by Gasteiger charge is 2.19. The first-order chi connectivity index (χ1) is 9.25. The Morgan fingerprint density at radius 3 is 2.42 bits per heavy atom. The molecule has 2 aliphatic carbocycles. The summed E-state index contributed by atoms with van der Waals surface area (Å²) in [5.74, 6) is 0.162. The van der Waals surface area contributed by atoms with E-state index in [2.05, 4.69) is 22.6 Å². The predicted molar refractivity (Wildman–Crippen MR) is 78.2 cm³/mol. The summed E-state index contributed by atoms with van der Waals surface area (Å²) < 4.78 is 0. The average Bonchev–Trinajstić information content (AvgIpc) is 3.06. The number of carbonyl (C=O) groups excluding carboxylic acids is 1. The molecule has 110 valence electrons. The summed E-state index contributed by atoms with van der Waals surface area (Å²) in [6, 6.07) is 1.21. The molecule has 2 fully saturated rings. The largest absolute Gasteiger partial charge is 0.352 e. The third-order valence-corrected chi connectivity index (χ3v) is 4.60. The van der Waals surface area contributed by atoms with Gasteiger partial charge in [0.2, 0.25) is 5.91 Å². The average molecular weight is 267 g/mol. The molecule has 0 spiro atoms. The quantitative estimate of drug-likeness (QED) is 0.687. The lowest BCUT2D eigenvalue weighted by atomic mass is 10.2. The molecule has 2 aliphatic rings. The maximum Gasteiger partial charge on any atom is 0.234 e. The number of hydrogen-bond acceptors (Lipinski definition) is 3. The van der Waals surface area contributed by atoms with Crippen LogP contribution in [0.4, 0.5) is 0 Å². The molecule has 0 aliphatic heterocycles. The fourth-order valence-electron chi connectivity index (χ4n) is 3.33. The molecule has 0 aromatic rings. The van der Waals surface area contributed by atoms with Gasteiger partial charge in [-0.3, -0.25) is 4.79 Å². The van der Waals surface area contributed by atoms with Crippen LogP contribution in [0, 0.1) is 0 Å². The fourth-order valence-corrected chi connectivity index (χ4v) is 3.33. The zero-order valence-corrected chi connectivity index (χ0v) is 12.3. The molecule has 2 N–H and O–H groups in total. The van der Waals surface area contributed by atoms with E-state index >= 15 is 0 Å². The topological polar surface area (TPSA) is 44.4 Å². The molecule has 2 saturated carbocycles. The Labute approximate surface area is 117 Å². The van der Waals surface area contributed by atoms with Crippen LogP contribution >= 0.6 is 0 Å². The van der Waals surface area contributed by atoms with E-state index < -0.39 is 0 Å². The number of nitrogens with zero attached hydrogens (tertiary/aromatic N) is 1. The maximum absolute atomic E-state index is 11.7. The van der Waals surface area contributed by atoms with Crippen LogP contribution in [0.2, 0.25) is 0 Å². The minimum Gasteiger partial charge on any atom is -0.352 e. The van der Waals surface area contributed by atoms with Crippen molar-refractivity contribution in [2.24, 2.45) is 0 Å². The van der Waals surface area contributed by atoms with Crippen molar-refractivity contribution in [2.75, 3.05) is 26.7 Å². The van der Waals surface area contributed by atoms with E-state index in [9.17, 15) is 4.79 Å². The van der Waals surface area contributed by atoms with Crippen LogP contribution in [-0.4, -0.2) is 49.6 Å². The second-order valence-corrected chi connectivity index (χ2v) is 6.14. The Balaban J connectivity index is 1.49. The lowest BCUT2D eigenvalue weighted by Gasteiger charge is -2.24. The van der Waals surface area contributed by atoms with Crippen LogP contribution in [0.15, 0.2) is 0 Å². The number of rotatable bonds is 7. The van der Waals surface area contributed by atoms with Crippen molar-refractivity contribution in [1.29, 1.82) is 0 Å². The molecule has 0 atom stereocenters. The van der Waals surface area contributed by atoms with E-state index in [1.54, 1.807) is 0 Å². The van der Waals surface area contributed by atoms with Gasteiger partial charge in [-0.2, -0.15) is 0 Å². The predicted octanol–water partition coefficient (Wildman–Crippen LogP) is 1.51. The van der Waals surface area contributed by atoms with Crippen LogP contribution in [0.1, 0.15) is 51.4 Å². The Bertz CT molecular complexity index is 271. The van der Waals surface area contributed by atoms with Gasteiger partial charge in [0.05, 0.1) is 6.54 Å². The van der Waals surface area contributed by atoms with E-state index in [0.717, 1.165) is 32.0 Å². The highest BCUT2D eigenvalue weighted by Crippen LogP contribution is 2.21. The van der Waals surface area contributed by atoms with Crippen LogP contribution in [0.5, 0.6) is 0 Å². The zero-order chi connectivity index (χ0) is 13.5. The van der Waals surface area contributed by atoms with Crippen molar-refractivity contribution >= 4 is 5.91 Å². The van der Waals surface area contributed by atoms with Crippen molar-refractivity contribution in [2.45, 2.75) is 63.5 Å². The lowest BCUT2D eigenvalue weighted by molar-refractivity contribution is -0.120. The molecular weight excluding hydrogens is 238 g/mol. The molecule has 4 heteroatoms. The van der Waals surface area contributed by atoms with Gasteiger partial charge in [0.25, 0.3) is 0 Å². The molecule has 4 nitrogen and oxygen atoms in total. The molecule has 0 bridgehead atoms. The van der Waals surface area contributed by atoms with Crippen LogP contribution in [0.25, 0.3) is 0 Å². The van der Waals surface area contributed by atoms with Gasteiger partial charge in [-0.05, 0) is 32.7 Å². The third-order valence-electron chi connectivity index (χ3n) is 4.60. The molecule has 0 unspecified atom stereocenters.